The maximum atomic E-state index is 16.1. The molecule has 2 N–H and O–H groups in total. The molecule has 5 heterocycles. The first-order valence-electron chi connectivity index (χ1n) is 15.7. The summed E-state index contributed by atoms with van der Waals surface area (Å²) in [6, 6.07) is 6.84. The summed E-state index contributed by atoms with van der Waals surface area (Å²) in [5, 5.41) is 10.4. The van der Waals surface area contributed by atoms with Crippen LogP contribution in [0.15, 0.2) is 36.9 Å². The number of fused-ring (bicyclic) bond motifs is 3. The average Bonchev–Trinajstić information content (AvgIpc) is 3.81. The second-order valence-corrected chi connectivity index (χ2v) is 13.5. The summed E-state index contributed by atoms with van der Waals surface area (Å²) >= 11 is 0.922. The minimum atomic E-state index is -0.950. The number of nitrogen functional groups attached to an aromatic ring is 1. The topological polar surface area (TPSA) is 127 Å². The number of benzene rings is 2. The number of carbonyl (C=O) groups excluding carboxylic acids is 1. The molecule has 0 spiro atoms. The van der Waals surface area contributed by atoms with E-state index in [0.717, 1.165) is 30.7 Å². The number of hydrogen-bond acceptors (Lipinski definition) is 10. The molecule has 1 amide bonds. The Kier molecular flexibility index (Phi) is 8.39. The van der Waals surface area contributed by atoms with E-state index in [1.165, 1.54) is 37.5 Å². The highest BCUT2D eigenvalue weighted by atomic mass is 32.1. The van der Waals surface area contributed by atoms with Crippen LogP contribution in [-0.4, -0.2) is 89.5 Å². The van der Waals surface area contributed by atoms with Crippen LogP contribution in [0.5, 0.6) is 11.9 Å². The van der Waals surface area contributed by atoms with E-state index in [1.807, 2.05) is 6.07 Å². The number of likely N-dealkylation sites (tertiary alicyclic amines) is 1. The number of alkyl halides is 1. The highest BCUT2D eigenvalue weighted by Gasteiger charge is 2.49. The molecule has 0 bridgehead atoms. The number of carbonyl (C=O) groups is 1. The Hall–Kier alpha value is -4.45. The smallest absolute Gasteiger partial charge is 0.320 e. The Bertz CT molecular complexity index is 1980. The van der Waals surface area contributed by atoms with Crippen molar-refractivity contribution >= 4 is 43.2 Å². The molecule has 3 aliphatic rings. The molecule has 3 saturated heterocycles. The van der Waals surface area contributed by atoms with Gasteiger partial charge in [0.2, 0.25) is 11.8 Å². The van der Waals surface area contributed by atoms with Gasteiger partial charge in [-0.15, -0.1) is 11.3 Å². The number of ether oxygens (including phenoxy) is 3. The van der Waals surface area contributed by atoms with Gasteiger partial charge < -0.3 is 24.8 Å². The summed E-state index contributed by atoms with van der Waals surface area (Å²) in [5.41, 5.74) is 6.23. The van der Waals surface area contributed by atoms with Crippen LogP contribution in [0.2, 0.25) is 0 Å². The van der Waals surface area contributed by atoms with Crippen molar-refractivity contribution in [2.24, 2.45) is 0 Å². The maximum Gasteiger partial charge on any atom is 0.320 e. The SMILES string of the molecule is C=CC(=O)N1CC[C@@H](Oc2nc(OCC34CCCN3C[C@H](F)C4)nc3cc(-c4ccc(F)c5sc(N)c(C#N)c45)c(F)cc23)[C@@H]1COC. The van der Waals surface area contributed by atoms with Crippen LogP contribution >= 0.6 is 11.3 Å². The molecule has 4 atom stereocenters. The molecule has 2 aromatic heterocycles. The van der Waals surface area contributed by atoms with E-state index < -0.39 is 35.5 Å². The zero-order chi connectivity index (χ0) is 33.7. The zero-order valence-corrected chi connectivity index (χ0v) is 27.0. The summed E-state index contributed by atoms with van der Waals surface area (Å²) in [6.45, 7) is 5.46. The molecule has 48 heavy (non-hydrogen) atoms. The van der Waals surface area contributed by atoms with Crippen molar-refractivity contribution in [2.75, 3.05) is 45.7 Å². The van der Waals surface area contributed by atoms with Crippen LogP contribution < -0.4 is 15.2 Å². The van der Waals surface area contributed by atoms with Gasteiger partial charge in [-0.3, -0.25) is 9.69 Å². The van der Waals surface area contributed by atoms with Gasteiger partial charge in [-0.2, -0.15) is 15.2 Å². The quantitative estimate of drug-likeness (QED) is 0.232. The lowest BCUT2D eigenvalue weighted by Gasteiger charge is -2.31. The highest BCUT2D eigenvalue weighted by Crippen LogP contribution is 2.44. The van der Waals surface area contributed by atoms with Crippen molar-refractivity contribution in [3.63, 3.8) is 0 Å². The van der Waals surface area contributed by atoms with Crippen molar-refractivity contribution in [2.45, 2.75) is 49.5 Å². The summed E-state index contributed by atoms with van der Waals surface area (Å²) in [4.78, 5) is 25.5. The number of rotatable bonds is 9. The molecule has 0 radical (unpaired) electrons. The van der Waals surface area contributed by atoms with Crippen LogP contribution in [0.4, 0.5) is 18.2 Å². The normalized spacial score (nSPS) is 23.9. The van der Waals surface area contributed by atoms with E-state index in [-0.39, 0.29) is 73.7 Å². The molecular formula is C34H33F3N6O4S. The van der Waals surface area contributed by atoms with Gasteiger partial charge in [0.15, 0.2) is 0 Å². The van der Waals surface area contributed by atoms with Gasteiger partial charge in [0.05, 0.1) is 39.4 Å². The monoisotopic (exact) mass is 678 g/mol. The summed E-state index contributed by atoms with van der Waals surface area (Å²) in [5.74, 6) is -1.49. The van der Waals surface area contributed by atoms with Crippen LogP contribution in [-0.2, 0) is 9.53 Å². The first-order chi connectivity index (χ1) is 23.2. The van der Waals surface area contributed by atoms with E-state index >= 15 is 4.39 Å². The van der Waals surface area contributed by atoms with Gasteiger partial charge in [-0.25, -0.2) is 13.2 Å². The largest absolute Gasteiger partial charge is 0.471 e. The molecule has 3 fully saturated rings. The van der Waals surface area contributed by atoms with Crippen molar-refractivity contribution in [1.82, 2.24) is 19.8 Å². The number of nitriles is 1. The van der Waals surface area contributed by atoms with Crippen molar-refractivity contribution in [3.05, 3.63) is 54.1 Å². The number of anilines is 1. The van der Waals surface area contributed by atoms with E-state index in [4.69, 9.17) is 19.9 Å². The van der Waals surface area contributed by atoms with Gasteiger partial charge in [0.1, 0.15) is 41.6 Å². The first kappa shape index (κ1) is 32.1. The van der Waals surface area contributed by atoms with Crippen LogP contribution in [0.1, 0.15) is 31.2 Å². The van der Waals surface area contributed by atoms with Crippen LogP contribution in [0.25, 0.3) is 32.1 Å². The Morgan fingerprint density at radius 2 is 2.08 bits per heavy atom. The summed E-state index contributed by atoms with van der Waals surface area (Å²) in [6.07, 6.45) is 2.23. The molecule has 7 rings (SSSR count). The van der Waals surface area contributed by atoms with Crippen molar-refractivity contribution in [1.29, 1.82) is 5.26 Å². The third kappa shape index (κ3) is 5.39. The Labute approximate surface area is 278 Å². The Morgan fingerprint density at radius 3 is 2.85 bits per heavy atom. The predicted octanol–water partition coefficient (Wildman–Crippen LogP) is 5.38. The van der Waals surface area contributed by atoms with E-state index in [2.05, 4.69) is 21.4 Å². The zero-order valence-electron chi connectivity index (χ0n) is 26.2. The number of hydrogen-bond donors (Lipinski definition) is 1. The second kappa shape index (κ2) is 12.5. The van der Waals surface area contributed by atoms with E-state index in [9.17, 15) is 18.8 Å². The minimum absolute atomic E-state index is 0.0387. The Balaban J connectivity index is 1.33. The number of nitrogens with two attached hydrogens (primary N) is 1. The number of thiophene rings is 1. The minimum Gasteiger partial charge on any atom is -0.471 e. The fraction of sp³-hybridized carbons (Fsp3) is 0.412. The molecular weight excluding hydrogens is 645 g/mol. The third-order valence-electron chi connectivity index (χ3n) is 9.72. The molecule has 1 unspecified atom stereocenters. The average molecular weight is 679 g/mol. The van der Waals surface area contributed by atoms with E-state index in [0.29, 0.717) is 25.9 Å². The molecule has 2 aromatic carbocycles. The maximum absolute atomic E-state index is 16.1. The number of amides is 1. The van der Waals surface area contributed by atoms with Gasteiger partial charge in [0, 0.05) is 44.0 Å². The number of halogens is 3. The number of nitrogens with zero attached hydrogens (tertiary/aromatic N) is 5. The molecule has 10 nitrogen and oxygen atoms in total. The molecule has 4 aromatic rings. The number of methoxy groups -OCH3 is 1. The highest BCUT2D eigenvalue weighted by molar-refractivity contribution is 7.23. The lowest BCUT2D eigenvalue weighted by Crippen LogP contribution is -2.44. The fourth-order valence-corrected chi connectivity index (χ4v) is 8.45. The predicted molar refractivity (Wildman–Crippen MR) is 175 cm³/mol. The van der Waals surface area contributed by atoms with Crippen LogP contribution in [0.3, 0.4) is 0 Å². The molecule has 3 aliphatic heterocycles. The first-order valence-corrected chi connectivity index (χ1v) is 16.5. The summed E-state index contributed by atoms with van der Waals surface area (Å²) in [7, 11) is 1.52. The number of aromatic nitrogens is 2. The van der Waals surface area contributed by atoms with Gasteiger partial charge in [-0.1, -0.05) is 12.6 Å². The van der Waals surface area contributed by atoms with Crippen molar-refractivity contribution < 1.29 is 32.2 Å². The summed E-state index contributed by atoms with van der Waals surface area (Å²) < 4.78 is 63.6. The molecule has 250 valence electrons. The molecule has 0 saturated carbocycles. The van der Waals surface area contributed by atoms with Crippen LogP contribution in [0, 0.1) is 23.0 Å². The van der Waals surface area contributed by atoms with Gasteiger partial charge in [-0.05, 0) is 49.2 Å². The van der Waals surface area contributed by atoms with E-state index in [1.54, 1.807) is 4.90 Å². The second-order valence-electron chi connectivity index (χ2n) is 12.5. The third-order valence-corrected chi connectivity index (χ3v) is 10.7. The lowest BCUT2D eigenvalue weighted by molar-refractivity contribution is -0.128. The molecule has 0 aliphatic carbocycles. The van der Waals surface area contributed by atoms with Crippen molar-refractivity contribution in [3.8, 4) is 29.1 Å². The fourth-order valence-electron chi connectivity index (χ4n) is 7.50. The lowest BCUT2D eigenvalue weighted by atomic mass is 9.95. The van der Waals surface area contributed by atoms with Gasteiger partial charge >= 0.3 is 6.01 Å². The standard InChI is InChI=1S/C34H33F3N6O4S/c1-3-28(44)43-10-7-27(26(43)16-45-2)47-32-21-11-24(37)20(19-5-6-23(36)30-29(19)22(14-38)31(39)48-30)12-25(21)40-33(41-32)46-17-34-8-4-9-42(34)15-18(35)13-34/h3,5-6,11-12,18,26-27H,1,4,7-10,13,15-17,39H2,2H3/t18-,26+,27-,34?/m1/s1. The Morgan fingerprint density at radius 1 is 1.25 bits per heavy atom. The van der Waals surface area contributed by atoms with Gasteiger partial charge in [0.25, 0.3) is 0 Å². The molecule has 14 heteroatoms.